The van der Waals surface area contributed by atoms with Gasteiger partial charge in [0.15, 0.2) is 0 Å². The van der Waals surface area contributed by atoms with E-state index in [2.05, 4.69) is 10.1 Å². The molecule has 0 saturated carbocycles. The number of aromatic amines is 1. The second-order valence-electron chi connectivity index (χ2n) is 8.35. The van der Waals surface area contributed by atoms with Gasteiger partial charge < -0.3 is 19.4 Å². The van der Waals surface area contributed by atoms with Gasteiger partial charge in [0.05, 0.1) is 30.1 Å². The number of rotatable bonds is 6. The molecule has 4 heterocycles. The molecule has 1 amide bonds. The SMILES string of the molecule is N#Cc1ccc(N2CCN(C(=O)COCC3CCCN3c3cn[nH]c(=O)c3C(F)(F)F)CC2)nc1. The van der Waals surface area contributed by atoms with Gasteiger partial charge in [-0.15, -0.1) is 0 Å². The summed E-state index contributed by atoms with van der Waals surface area (Å²) < 4.78 is 45.9. The molecule has 186 valence electrons. The molecule has 1 unspecified atom stereocenters. The van der Waals surface area contributed by atoms with E-state index in [-0.39, 0.29) is 24.8 Å². The van der Waals surface area contributed by atoms with Crippen LogP contribution in [0.1, 0.15) is 24.0 Å². The molecule has 0 aliphatic carbocycles. The fourth-order valence-corrected chi connectivity index (χ4v) is 4.40. The van der Waals surface area contributed by atoms with Gasteiger partial charge in [-0.3, -0.25) is 9.59 Å². The molecule has 13 heteroatoms. The van der Waals surface area contributed by atoms with Crippen LogP contribution in [-0.4, -0.2) is 78.0 Å². The lowest BCUT2D eigenvalue weighted by molar-refractivity contribution is -0.138. The minimum absolute atomic E-state index is 0.0605. The molecule has 2 aliphatic rings. The lowest BCUT2D eigenvalue weighted by atomic mass is 10.2. The third-order valence-corrected chi connectivity index (χ3v) is 6.18. The van der Waals surface area contributed by atoms with Gasteiger partial charge in [0.25, 0.3) is 5.56 Å². The highest BCUT2D eigenvalue weighted by Crippen LogP contribution is 2.36. The molecule has 0 spiro atoms. The van der Waals surface area contributed by atoms with Crippen LogP contribution in [0.4, 0.5) is 24.7 Å². The molecule has 2 aromatic rings. The molecule has 1 N–H and O–H groups in total. The number of ether oxygens (including phenoxy) is 1. The number of nitrogens with one attached hydrogen (secondary N) is 1. The first-order valence-corrected chi connectivity index (χ1v) is 11.2. The van der Waals surface area contributed by atoms with Gasteiger partial charge >= 0.3 is 6.18 Å². The maximum absolute atomic E-state index is 13.4. The van der Waals surface area contributed by atoms with Crippen LogP contribution in [0, 0.1) is 11.3 Å². The van der Waals surface area contributed by atoms with Crippen LogP contribution in [0.5, 0.6) is 0 Å². The van der Waals surface area contributed by atoms with E-state index >= 15 is 0 Å². The Labute approximate surface area is 198 Å². The van der Waals surface area contributed by atoms with Crippen molar-refractivity contribution < 1.29 is 22.7 Å². The quantitative estimate of drug-likeness (QED) is 0.644. The van der Waals surface area contributed by atoms with Crippen molar-refractivity contribution >= 4 is 17.4 Å². The summed E-state index contributed by atoms with van der Waals surface area (Å²) in [6.45, 7) is 2.33. The molecule has 0 radical (unpaired) electrons. The summed E-state index contributed by atoms with van der Waals surface area (Å²) in [5.74, 6) is 0.539. The molecular weight excluding hydrogens is 467 g/mol. The Balaban J connectivity index is 1.29. The van der Waals surface area contributed by atoms with Crippen LogP contribution in [0.2, 0.25) is 0 Å². The van der Waals surface area contributed by atoms with E-state index in [0.29, 0.717) is 51.1 Å². The normalized spacial score (nSPS) is 18.6. The van der Waals surface area contributed by atoms with Crippen molar-refractivity contribution in [2.24, 2.45) is 0 Å². The van der Waals surface area contributed by atoms with Crippen molar-refractivity contribution in [1.82, 2.24) is 20.1 Å². The number of pyridine rings is 1. The zero-order valence-electron chi connectivity index (χ0n) is 18.8. The van der Waals surface area contributed by atoms with E-state index in [1.165, 1.54) is 11.1 Å². The number of carbonyl (C=O) groups is 1. The number of nitriles is 1. The summed E-state index contributed by atoms with van der Waals surface area (Å²) in [6.07, 6.45) is -1.08. The number of nitrogens with zero attached hydrogens (tertiary/aromatic N) is 6. The Hall–Kier alpha value is -3.66. The van der Waals surface area contributed by atoms with Crippen molar-refractivity contribution in [2.45, 2.75) is 25.1 Å². The fourth-order valence-electron chi connectivity index (χ4n) is 4.40. The number of H-pyrrole nitrogens is 1. The maximum Gasteiger partial charge on any atom is 0.423 e. The molecule has 2 aliphatic heterocycles. The van der Waals surface area contributed by atoms with Crippen LogP contribution >= 0.6 is 0 Å². The molecule has 0 bridgehead atoms. The number of carbonyl (C=O) groups excluding carboxylic acids is 1. The van der Waals surface area contributed by atoms with Crippen molar-refractivity contribution in [1.29, 1.82) is 5.26 Å². The van der Waals surface area contributed by atoms with Crippen LogP contribution < -0.4 is 15.4 Å². The van der Waals surface area contributed by atoms with Crippen molar-refractivity contribution in [2.75, 3.05) is 55.7 Å². The highest BCUT2D eigenvalue weighted by Gasteiger charge is 2.40. The molecule has 2 saturated heterocycles. The number of halogens is 3. The van der Waals surface area contributed by atoms with E-state index in [4.69, 9.17) is 10.00 Å². The van der Waals surface area contributed by atoms with E-state index in [9.17, 15) is 22.8 Å². The first kappa shape index (κ1) is 24.5. The molecule has 35 heavy (non-hydrogen) atoms. The van der Waals surface area contributed by atoms with Gasteiger partial charge in [0, 0.05) is 38.9 Å². The first-order chi connectivity index (χ1) is 16.8. The van der Waals surface area contributed by atoms with E-state index < -0.39 is 23.3 Å². The minimum Gasteiger partial charge on any atom is -0.369 e. The number of anilines is 2. The highest BCUT2D eigenvalue weighted by molar-refractivity contribution is 5.77. The predicted molar refractivity (Wildman–Crippen MR) is 119 cm³/mol. The number of hydrogen-bond donors (Lipinski definition) is 1. The Morgan fingerprint density at radius 3 is 2.63 bits per heavy atom. The fraction of sp³-hybridized carbons (Fsp3) is 0.500. The predicted octanol–water partition coefficient (Wildman–Crippen LogP) is 1.39. The molecule has 4 rings (SSSR count). The maximum atomic E-state index is 13.4. The molecule has 2 fully saturated rings. The largest absolute Gasteiger partial charge is 0.423 e. The molecule has 0 aromatic carbocycles. The Kier molecular flexibility index (Phi) is 7.20. The average Bonchev–Trinajstić information content (AvgIpc) is 3.31. The van der Waals surface area contributed by atoms with Gasteiger partial charge in [-0.25, -0.2) is 10.1 Å². The lowest BCUT2D eigenvalue weighted by Gasteiger charge is -2.35. The molecule has 1 atom stereocenters. The van der Waals surface area contributed by atoms with Crippen LogP contribution in [-0.2, 0) is 15.7 Å². The van der Waals surface area contributed by atoms with E-state index in [0.717, 1.165) is 12.0 Å². The summed E-state index contributed by atoms with van der Waals surface area (Å²) >= 11 is 0. The van der Waals surface area contributed by atoms with E-state index in [1.807, 2.05) is 16.1 Å². The minimum atomic E-state index is -4.81. The number of alkyl halides is 3. The molecular formula is C22H24F3N7O3. The Morgan fingerprint density at radius 2 is 1.97 bits per heavy atom. The van der Waals surface area contributed by atoms with Crippen molar-refractivity contribution in [3.8, 4) is 6.07 Å². The summed E-state index contributed by atoms with van der Waals surface area (Å²) in [6, 6.07) is 5.09. The van der Waals surface area contributed by atoms with Crippen LogP contribution in [0.15, 0.2) is 29.3 Å². The van der Waals surface area contributed by atoms with Gasteiger partial charge in [0.2, 0.25) is 5.91 Å². The number of amides is 1. The van der Waals surface area contributed by atoms with Gasteiger partial charge in [-0.2, -0.15) is 23.5 Å². The highest BCUT2D eigenvalue weighted by atomic mass is 19.4. The molecule has 2 aromatic heterocycles. The Morgan fingerprint density at radius 1 is 1.20 bits per heavy atom. The van der Waals surface area contributed by atoms with Crippen LogP contribution in [0.3, 0.4) is 0 Å². The summed E-state index contributed by atoms with van der Waals surface area (Å²) in [7, 11) is 0. The number of piperazine rings is 1. The first-order valence-electron chi connectivity index (χ1n) is 11.2. The van der Waals surface area contributed by atoms with Gasteiger partial charge in [0.1, 0.15) is 24.1 Å². The van der Waals surface area contributed by atoms with Gasteiger partial charge in [-0.1, -0.05) is 0 Å². The standard InChI is InChI=1S/C22H24F3N7O3/c23-22(24,25)20-17(12-28-29-21(20)34)32-5-1-2-16(32)13-35-14-19(33)31-8-6-30(7-9-31)18-4-3-15(10-26)11-27-18/h3-4,11-12,16H,1-2,5-9,13-14H2,(H,29,34). The molecule has 10 nitrogen and oxygen atoms in total. The summed E-state index contributed by atoms with van der Waals surface area (Å²) in [5.41, 5.74) is -2.35. The number of hydrogen-bond acceptors (Lipinski definition) is 8. The smallest absolute Gasteiger partial charge is 0.369 e. The average molecular weight is 491 g/mol. The summed E-state index contributed by atoms with van der Waals surface area (Å²) in [5, 5.41) is 14.3. The third kappa shape index (κ3) is 5.54. The number of aromatic nitrogens is 3. The second kappa shape index (κ2) is 10.3. The van der Waals surface area contributed by atoms with E-state index in [1.54, 1.807) is 17.0 Å². The van der Waals surface area contributed by atoms with Crippen molar-refractivity contribution in [3.05, 3.63) is 46.0 Å². The van der Waals surface area contributed by atoms with Crippen LogP contribution in [0.25, 0.3) is 0 Å². The lowest BCUT2D eigenvalue weighted by Crippen LogP contribution is -2.50. The third-order valence-electron chi connectivity index (χ3n) is 6.18. The zero-order chi connectivity index (χ0) is 25.0. The van der Waals surface area contributed by atoms with Crippen molar-refractivity contribution in [3.63, 3.8) is 0 Å². The second-order valence-corrected chi connectivity index (χ2v) is 8.35. The monoisotopic (exact) mass is 491 g/mol. The zero-order valence-corrected chi connectivity index (χ0v) is 18.8. The topological polar surface area (TPSA) is 118 Å². The summed E-state index contributed by atoms with van der Waals surface area (Å²) in [4.78, 5) is 33.9. The Bertz CT molecular complexity index is 1140. The van der Waals surface area contributed by atoms with Gasteiger partial charge in [-0.05, 0) is 25.0 Å².